The van der Waals surface area contributed by atoms with Crippen LogP contribution in [-0.2, 0) is 21.2 Å². The minimum Gasteiger partial charge on any atom is -0.495 e. The molecular weight excluding hydrogens is 328 g/mol. The van der Waals surface area contributed by atoms with Crippen LogP contribution in [0.4, 0.5) is 5.69 Å². The molecule has 0 aromatic heterocycles. The maximum absolute atomic E-state index is 12.1. The summed E-state index contributed by atoms with van der Waals surface area (Å²) in [5, 5.41) is 2.69. The van der Waals surface area contributed by atoms with Crippen LogP contribution in [0.1, 0.15) is 12.5 Å². The van der Waals surface area contributed by atoms with E-state index in [2.05, 4.69) is 10.0 Å². The average molecular weight is 348 g/mol. The van der Waals surface area contributed by atoms with Crippen molar-refractivity contribution in [1.29, 1.82) is 0 Å². The number of rotatable bonds is 7. The number of nitrogens with one attached hydrogen (secondary N) is 2. The summed E-state index contributed by atoms with van der Waals surface area (Å²) in [7, 11) is -1.99. The van der Waals surface area contributed by atoms with Crippen molar-refractivity contribution in [2.24, 2.45) is 0 Å². The van der Waals surface area contributed by atoms with Crippen molar-refractivity contribution in [1.82, 2.24) is 4.72 Å². The van der Waals surface area contributed by atoms with E-state index < -0.39 is 10.0 Å². The molecule has 0 saturated heterocycles. The highest BCUT2D eigenvalue weighted by Crippen LogP contribution is 2.25. The van der Waals surface area contributed by atoms with Gasteiger partial charge in [-0.2, -0.15) is 0 Å². The maximum Gasteiger partial charge on any atom is 0.240 e. The standard InChI is InChI=1S/C17H20N2O4S/c1-13(20)19-16-12-14(8-9-17(16)23-2)10-11-18-24(21,22)15-6-4-3-5-7-15/h3-9,12,18H,10-11H2,1-2H3,(H,19,20). The molecule has 0 saturated carbocycles. The van der Waals surface area contributed by atoms with Crippen LogP contribution in [0.15, 0.2) is 53.4 Å². The molecule has 0 heterocycles. The molecule has 0 fully saturated rings. The van der Waals surface area contributed by atoms with Gasteiger partial charge in [0, 0.05) is 13.5 Å². The van der Waals surface area contributed by atoms with Gasteiger partial charge in [0.05, 0.1) is 17.7 Å². The van der Waals surface area contributed by atoms with Gasteiger partial charge in [-0.15, -0.1) is 0 Å². The van der Waals surface area contributed by atoms with Gasteiger partial charge in [0.1, 0.15) is 5.75 Å². The van der Waals surface area contributed by atoms with Crippen molar-refractivity contribution < 1.29 is 17.9 Å². The van der Waals surface area contributed by atoms with Crippen molar-refractivity contribution in [3.8, 4) is 5.75 Å². The van der Waals surface area contributed by atoms with Crippen LogP contribution in [0.5, 0.6) is 5.75 Å². The summed E-state index contributed by atoms with van der Waals surface area (Å²) >= 11 is 0. The first-order chi connectivity index (χ1) is 11.4. The fraction of sp³-hybridized carbons (Fsp3) is 0.235. The highest BCUT2D eigenvalue weighted by atomic mass is 32.2. The Balaban J connectivity index is 2.03. The van der Waals surface area contributed by atoms with E-state index in [0.29, 0.717) is 17.9 Å². The van der Waals surface area contributed by atoms with Crippen molar-refractivity contribution in [3.63, 3.8) is 0 Å². The van der Waals surface area contributed by atoms with Crippen LogP contribution >= 0.6 is 0 Å². The summed E-state index contributed by atoms with van der Waals surface area (Å²) in [6, 6.07) is 13.6. The zero-order valence-corrected chi connectivity index (χ0v) is 14.4. The summed E-state index contributed by atoms with van der Waals surface area (Å²) < 4.78 is 32.1. The van der Waals surface area contributed by atoms with Gasteiger partial charge in [0.2, 0.25) is 15.9 Å². The maximum atomic E-state index is 12.1. The van der Waals surface area contributed by atoms with Gasteiger partial charge in [-0.3, -0.25) is 4.79 Å². The van der Waals surface area contributed by atoms with Gasteiger partial charge in [-0.1, -0.05) is 24.3 Å². The van der Waals surface area contributed by atoms with E-state index in [1.165, 1.54) is 14.0 Å². The summed E-state index contributed by atoms with van der Waals surface area (Å²) in [4.78, 5) is 11.5. The lowest BCUT2D eigenvalue weighted by Gasteiger charge is -2.11. The lowest BCUT2D eigenvalue weighted by Crippen LogP contribution is -2.26. The Hall–Kier alpha value is -2.38. The molecule has 0 unspecified atom stereocenters. The van der Waals surface area contributed by atoms with E-state index in [-0.39, 0.29) is 17.3 Å². The first-order valence-corrected chi connectivity index (χ1v) is 8.90. The van der Waals surface area contributed by atoms with Crippen LogP contribution in [0, 0.1) is 0 Å². The Labute approximate surface area is 141 Å². The molecule has 0 aliphatic rings. The second-order valence-corrected chi connectivity index (χ2v) is 6.94. The van der Waals surface area contributed by atoms with E-state index in [0.717, 1.165) is 5.56 Å². The van der Waals surface area contributed by atoms with Gasteiger partial charge in [0.25, 0.3) is 0 Å². The monoisotopic (exact) mass is 348 g/mol. The predicted octanol–water partition coefficient (Wildman–Crippen LogP) is 2.17. The highest BCUT2D eigenvalue weighted by molar-refractivity contribution is 7.89. The fourth-order valence-corrected chi connectivity index (χ4v) is 3.26. The summed E-state index contributed by atoms with van der Waals surface area (Å²) in [5.74, 6) is 0.356. The third-order valence-electron chi connectivity index (χ3n) is 3.33. The SMILES string of the molecule is COc1ccc(CCNS(=O)(=O)c2ccccc2)cc1NC(C)=O. The van der Waals surface area contributed by atoms with Crippen LogP contribution in [-0.4, -0.2) is 28.0 Å². The number of methoxy groups -OCH3 is 1. The lowest BCUT2D eigenvalue weighted by atomic mass is 10.1. The molecule has 2 aromatic carbocycles. The topological polar surface area (TPSA) is 84.5 Å². The zero-order chi connectivity index (χ0) is 17.6. The number of hydrogen-bond acceptors (Lipinski definition) is 4. The van der Waals surface area contributed by atoms with Gasteiger partial charge in [-0.05, 0) is 36.2 Å². The Morgan fingerprint density at radius 2 is 1.83 bits per heavy atom. The summed E-state index contributed by atoms with van der Waals surface area (Å²) in [6.07, 6.45) is 0.489. The van der Waals surface area contributed by atoms with Crippen molar-refractivity contribution >= 4 is 21.6 Å². The molecule has 0 aliphatic heterocycles. The predicted molar refractivity (Wildman–Crippen MR) is 92.6 cm³/mol. The van der Waals surface area contributed by atoms with Gasteiger partial charge >= 0.3 is 0 Å². The van der Waals surface area contributed by atoms with Crippen LogP contribution in [0.25, 0.3) is 0 Å². The zero-order valence-electron chi connectivity index (χ0n) is 13.6. The second-order valence-electron chi connectivity index (χ2n) is 5.18. The molecule has 2 aromatic rings. The Kier molecular flexibility index (Phi) is 5.94. The molecule has 0 bridgehead atoms. The van der Waals surface area contributed by atoms with Gasteiger partial charge in [0.15, 0.2) is 0 Å². The summed E-state index contributed by atoms with van der Waals surface area (Å²) in [6.45, 7) is 1.67. The quantitative estimate of drug-likeness (QED) is 0.803. The first-order valence-electron chi connectivity index (χ1n) is 7.41. The molecule has 2 N–H and O–H groups in total. The number of carbonyl (C=O) groups is 1. The number of carbonyl (C=O) groups excluding carboxylic acids is 1. The number of ether oxygens (including phenoxy) is 1. The van der Waals surface area contributed by atoms with Crippen LogP contribution in [0.2, 0.25) is 0 Å². The fourth-order valence-electron chi connectivity index (χ4n) is 2.21. The molecule has 6 nitrogen and oxygen atoms in total. The van der Waals surface area contributed by atoms with E-state index in [1.54, 1.807) is 42.5 Å². The molecule has 2 rings (SSSR count). The van der Waals surface area contributed by atoms with Crippen molar-refractivity contribution in [3.05, 3.63) is 54.1 Å². The Morgan fingerprint density at radius 1 is 1.12 bits per heavy atom. The molecule has 7 heteroatoms. The second kappa shape index (κ2) is 7.94. The molecule has 1 amide bonds. The smallest absolute Gasteiger partial charge is 0.240 e. The van der Waals surface area contributed by atoms with Crippen LogP contribution in [0.3, 0.4) is 0 Å². The average Bonchev–Trinajstić information content (AvgIpc) is 2.55. The Morgan fingerprint density at radius 3 is 2.46 bits per heavy atom. The molecule has 0 spiro atoms. The molecular formula is C17H20N2O4S. The number of sulfonamides is 1. The molecule has 24 heavy (non-hydrogen) atoms. The van der Waals surface area contributed by atoms with E-state index in [1.807, 2.05) is 6.07 Å². The third-order valence-corrected chi connectivity index (χ3v) is 4.81. The molecule has 0 aliphatic carbocycles. The van der Waals surface area contributed by atoms with E-state index >= 15 is 0 Å². The normalized spacial score (nSPS) is 11.1. The summed E-state index contributed by atoms with van der Waals surface area (Å²) in [5.41, 5.74) is 1.45. The first kappa shape index (κ1) is 18.0. The minimum atomic E-state index is -3.52. The Bertz CT molecular complexity index is 805. The number of anilines is 1. The molecule has 128 valence electrons. The van der Waals surface area contributed by atoms with Crippen LogP contribution < -0.4 is 14.8 Å². The van der Waals surface area contributed by atoms with E-state index in [4.69, 9.17) is 4.74 Å². The van der Waals surface area contributed by atoms with Crippen molar-refractivity contribution in [2.75, 3.05) is 19.0 Å². The van der Waals surface area contributed by atoms with E-state index in [9.17, 15) is 13.2 Å². The number of hydrogen-bond donors (Lipinski definition) is 2. The molecule has 0 radical (unpaired) electrons. The lowest BCUT2D eigenvalue weighted by molar-refractivity contribution is -0.114. The third kappa shape index (κ3) is 4.81. The van der Waals surface area contributed by atoms with Gasteiger partial charge < -0.3 is 10.1 Å². The van der Waals surface area contributed by atoms with Gasteiger partial charge in [-0.25, -0.2) is 13.1 Å². The largest absolute Gasteiger partial charge is 0.495 e. The minimum absolute atomic E-state index is 0.199. The number of benzene rings is 2. The highest BCUT2D eigenvalue weighted by Gasteiger charge is 2.12. The number of amides is 1. The molecule has 0 atom stereocenters. The van der Waals surface area contributed by atoms with Crippen molar-refractivity contribution in [2.45, 2.75) is 18.2 Å².